The standard InChI is InChI=1S/C30H17Cl4FN2O3S/c1-39-17-5-2-15(3-6-17)26-14-25(20-12-24(35)23(34)13-22(20)33)36-30-37(26)29(38)28(41-30)11-18-7-9-27(40-18)19-8-4-16(31)10-21(19)32/h2-14,26H,1H3/t26-/m1/s1. The fraction of sp³-hybridized carbons (Fsp3) is 0.0667. The first kappa shape index (κ1) is 27.8. The predicted octanol–water partition coefficient (Wildman–Crippen LogP) is 8.02. The van der Waals surface area contributed by atoms with Crippen molar-refractivity contribution in [2.45, 2.75) is 6.04 Å². The van der Waals surface area contributed by atoms with E-state index in [1.807, 2.05) is 12.1 Å². The quantitative estimate of drug-likeness (QED) is 0.182. The van der Waals surface area contributed by atoms with Crippen LogP contribution in [0.3, 0.4) is 0 Å². The smallest absolute Gasteiger partial charge is 0.271 e. The van der Waals surface area contributed by atoms with Crippen molar-refractivity contribution in [2.75, 3.05) is 7.11 Å². The first-order chi connectivity index (χ1) is 19.7. The van der Waals surface area contributed by atoms with Crippen LogP contribution >= 0.6 is 57.7 Å². The molecule has 2 aromatic heterocycles. The van der Waals surface area contributed by atoms with Gasteiger partial charge in [0.1, 0.15) is 23.1 Å². The lowest BCUT2D eigenvalue weighted by Gasteiger charge is -2.20. The van der Waals surface area contributed by atoms with Gasteiger partial charge in [0.05, 0.1) is 38.4 Å². The third kappa shape index (κ3) is 5.36. The van der Waals surface area contributed by atoms with Crippen molar-refractivity contribution in [1.29, 1.82) is 0 Å². The Morgan fingerprint density at radius 2 is 1.71 bits per heavy atom. The van der Waals surface area contributed by atoms with E-state index in [4.69, 9.17) is 60.6 Å². The van der Waals surface area contributed by atoms with Crippen LogP contribution in [0, 0.1) is 5.82 Å². The summed E-state index contributed by atoms with van der Waals surface area (Å²) in [4.78, 5) is 18.9. The fourth-order valence-corrected chi connectivity index (χ4v) is 6.46. The second-order valence-electron chi connectivity index (χ2n) is 9.02. The molecule has 0 unspecified atom stereocenters. The van der Waals surface area contributed by atoms with Crippen LogP contribution in [-0.4, -0.2) is 11.7 Å². The van der Waals surface area contributed by atoms with Crippen LogP contribution in [0.4, 0.5) is 4.39 Å². The highest BCUT2D eigenvalue weighted by Gasteiger charge is 2.24. The van der Waals surface area contributed by atoms with Gasteiger partial charge in [-0.2, -0.15) is 0 Å². The molecule has 0 fully saturated rings. The minimum atomic E-state index is -0.624. The van der Waals surface area contributed by atoms with Crippen LogP contribution in [0.5, 0.6) is 5.75 Å². The second-order valence-corrected chi connectivity index (χ2v) is 11.7. The number of furan rings is 1. The van der Waals surface area contributed by atoms with Crippen molar-refractivity contribution >= 4 is 69.5 Å². The molecule has 6 rings (SSSR count). The van der Waals surface area contributed by atoms with Gasteiger partial charge >= 0.3 is 0 Å². The fourth-order valence-electron chi connectivity index (χ4n) is 4.48. The molecule has 11 heteroatoms. The van der Waals surface area contributed by atoms with E-state index in [0.29, 0.717) is 53.5 Å². The summed E-state index contributed by atoms with van der Waals surface area (Å²) < 4.78 is 27.7. The van der Waals surface area contributed by atoms with E-state index in [1.54, 1.807) is 66.3 Å². The minimum absolute atomic E-state index is 0.0931. The van der Waals surface area contributed by atoms with Crippen LogP contribution in [0.2, 0.25) is 20.1 Å². The maximum absolute atomic E-state index is 14.4. The number of allylic oxidation sites excluding steroid dienone is 1. The van der Waals surface area contributed by atoms with E-state index in [2.05, 4.69) is 0 Å². The highest BCUT2D eigenvalue weighted by Crippen LogP contribution is 2.34. The van der Waals surface area contributed by atoms with Gasteiger partial charge in [0.2, 0.25) is 0 Å². The molecule has 0 bridgehead atoms. The van der Waals surface area contributed by atoms with Crippen LogP contribution in [0.15, 0.2) is 87.0 Å². The first-order valence-electron chi connectivity index (χ1n) is 12.1. The Labute approximate surface area is 257 Å². The van der Waals surface area contributed by atoms with Gasteiger partial charge in [-0.15, -0.1) is 0 Å². The number of hydrogen-bond donors (Lipinski definition) is 0. The SMILES string of the molecule is COc1ccc([C@H]2C=C(c3cc(F)c(Cl)cc3Cl)N=c3sc(=Cc4ccc(-c5ccc(Cl)cc5Cl)o4)c(=O)n32)cc1. The Morgan fingerprint density at radius 1 is 0.951 bits per heavy atom. The lowest BCUT2D eigenvalue weighted by Crippen LogP contribution is -2.36. The number of methoxy groups -OCH3 is 1. The molecule has 5 nitrogen and oxygen atoms in total. The van der Waals surface area contributed by atoms with E-state index in [9.17, 15) is 9.18 Å². The zero-order valence-corrected chi connectivity index (χ0v) is 24.8. The molecular weight excluding hydrogens is 629 g/mol. The van der Waals surface area contributed by atoms with E-state index < -0.39 is 11.9 Å². The van der Waals surface area contributed by atoms with Gasteiger partial charge in [-0.3, -0.25) is 9.36 Å². The van der Waals surface area contributed by atoms with E-state index in [-0.39, 0.29) is 15.6 Å². The van der Waals surface area contributed by atoms with Crippen LogP contribution < -0.4 is 19.6 Å². The van der Waals surface area contributed by atoms with E-state index in [1.165, 1.54) is 23.5 Å². The molecular formula is C30H17Cl4FN2O3S. The number of benzene rings is 3. The highest BCUT2D eigenvalue weighted by atomic mass is 35.5. The number of halogens is 5. The van der Waals surface area contributed by atoms with Gasteiger partial charge in [-0.05, 0) is 66.2 Å². The van der Waals surface area contributed by atoms with E-state index in [0.717, 1.165) is 5.56 Å². The zero-order valence-electron chi connectivity index (χ0n) is 21.0. The number of hydrogen-bond acceptors (Lipinski definition) is 5. The van der Waals surface area contributed by atoms with Crippen molar-refractivity contribution in [2.24, 2.45) is 4.99 Å². The van der Waals surface area contributed by atoms with Crippen molar-refractivity contribution in [3.8, 4) is 17.1 Å². The molecule has 1 aliphatic heterocycles. The Balaban J connectivity index is 1.50. The third-order valence-corrected chi connectivity index (χ3v) is 8.62. The van der Waals surface area contributed by atoms with Gasteiger partial charge < -0.3 is 9.15 Å². The summed E-state index contributed by atoms with van der Waals surface area (Å²) in [6.45, 7) is 0. The average molecular weight is 646 g/mol. The number of rotatable bonds is 5. The van der Waals surface area contributed by atoms with E-state index >= 15 is 0 Å². The monoisotopic (exact) mass is 644 g/mol. The lowest BCUT2D eigenvalue weighted by molar-refractivity contribution is 0.414. The van der Waals surface area contributed by atoms with Crippen LogP contribution in [-0.2, 0) is 0 Å². The van der Waals surface area contributed by atoms with Gasteiger partial charge in [0.15, 0.2) is 4.80 Å². The second kappa shape index (κ2) is 11.2. The van der Waals surface area contributed by atoms with Gasteiger partial charge in [-0.25, -0.2) is 9.38 Å². The molecule has 0 saturated heterocycles. The summed E-state index contributed by atoms with van der Waals surface area (Å²) in [5.41, 5.74) is 1.99. The number of nitrogens with zero attached hydrogens (tertiary/aromatic N) is 2. The molecule has 5 aromatic rings. The minimum Gasteiger partial charge on any atom is -0.497 e. The molecule has 3 heterocycles. The molecule has 0 spiro atoms. The van der Waals surface area contributed by atoms with Crippen molar-refractivity contribution < 1.29 is 13.5 Å². The highest BCUT2D eigenvalue weighted by molar-refractivity contribution is 7.07. The number of thiazole rings is 1. The Kier molecular flexibility index (Phi) is 7.57. The third-order valence-electron chi connectivity index (χ3n) is 6.49. The summed E-state index contributed by atoms with van der Waals surface area (Å²) in [7, 11) is 1.58. The number of aromatic nitrogens is 1. The molecule has 0 saturated carbocycles. The maximum Gasteiger partial charge on any atom is 0.271 e. The number of fused-ring (bicyclic) bond motifs is 1. The normalized spacial score (nSPS) is 14.9. The summed E-state index contributed by atoms with van der Waals surface area (Å²) in [5, 5.41) is 1.11. The van der Waals surface area contributed by atoms with Gasteiger partial charge in [0.25, 0.3) is 5.56 Å². The van der Waals surface area contributed by atoms with Crippen molar-refractivity contribution in [1.82, 2.24) is 4.57 Å². The predicted molar refractivity (Wildman–Crippen MR) is 163 cm³/mol. The summed E-state index contributed by atoms with van der Waals surface area (Å²) in [6.07, 6.45) is 3.43. The topological polar surface area (TPSA) is 56.7 Å². The molecule has 1 aliphatic rings. The zero-order chi connectivity index (χ0) is 28.8. The maximum atomic E-state index is 14.4. The summed E-state index contributed by atoms with van der Waals surface area (Å²) in [5.74, 6) is 1.03. The average Bonchev–Trinajstić information content (AvgIpc) is 3.54. The largest absolute Gasteiger partial charge is 0.497 e. The molecule has 0 N–H and O–H groups in total. The Morgan fingerprint density at radius 3 is 2.44 bits per heavy atom. The lowest BCUT2D eigenvalue weighted by atomic mass is 10.0. The van der Waals surface area contributed by atoms with Gasteiger partial charge in [-0.1, -0.05) is 69.9 Å². The Bertz CT molecular complexity index is 2030. The van der Waals surface area contributed by atoms with Crippen LogP contribution in [0.1, 0.15) is 22.9 Å². The molecule has 3 aromatic carbocycles. The van der Waals surface area contributed by atoms with Crippen molar-refractivity contribution in [3.05, 3.63) is 135 Å². The summed E-state index contributed by atoms with van der Waals surface area (Å²) >= 11 is 25.9. The molecule has 0 aliphatic carbocycles. The number of ether oxygens (including phenoxy) is 1. The van der Waals surface area contributed by atoms with Gasteiger partial charge in [0, 0.05) is 22.2 Å². The molecule has 41 heavy (non-hydrogen) atoms. The molecule has 206 valence electrons. The summed E-state index contributed by atoms with van der Waals surface area (Å²) in [6, 6.07) is 18.0. The Hall–Kier alpha value is -3.33. The molecule has 0 amide bonds. The first-order valence-corrected chi connectivity index (χ1v) is 14.4. The molecule has 0 radical (unpaired) electrons. The van der Waals surface area contributed by atoms with Crippen LogP contribution in [0.25, 0.3) is 23.1 Å². The van der Waals surface area contributed by atoms with Crippen molar-refractivity contribution in [3.63, 3.8) is 0 Å². The molecule has 1 atom stereocenters.